The molecule has 0 radical (unpaired) electrons. The molecular weight excluding hydrogens is 837 g/mol. The lowest BCUT2D eigenvalue weighted by atomic mass is 9.47. The van der Waals surface area contributed by atoms with E-state index in [-0.39, 0.29) is 61.0 Å². The Bertz CT molecular complexity index is 2060. The van der Waals surface area contributed by atoms with Crippen molar-refractivity contribution in [2.45, 2.75) is 151 Å². The highest BCUT2D eigenvalue weighted by molar-refractivity contribution is 5.78. The minimum atomic E-state index is -0.938. The van der Waals surface area contributed by atoms with Crippen LogP contribution in [-0.4, -0.2) is 60.8 Å². The number of allylic oxidation sites excluding steroid dienone is 8. The zero-order chi connectivity index (χ0) is 47.7. The molecule has 0 amide bonds. The number of hydrogen-bond acceptors (Lipinski definition) is 8. The number of ether oxygens (including phenoxy) is 4. The van der Waals surface area contributed by atoms with E-state index in [0.29, 0.717) is 41.6 Å². The Morgan fingerprint density at radius 3 is 1.34 bits per heavy atom. The van der Waals surface area contributed by atoms with E-state index in [9.17, 15) is 19.8 Å². The Balaban J connectivity index is 0.751. The molecule has 0 saturated heterocycles. The SMILES string of the molecule is CC(C)C1=CC2=CCC3C(C)(C(=O)OCC(O)COc4ccc(Cc5ccc(OCC(O)COC(=O)C6(C)CCCC7(C)C8CCC(C(C)C)=CC8=CCC67)cc5)cc4)CCCC3(C)C2CC1. The molecule has 0 bridgehead atoms. The summed E-state index contributed by atoms with van der Waals surface area (Å²) < 4.78 is 23.6. The summed E-state index contributed by atoms with van der Waals surface area (Å²) in [5.41, 5.74) is 7.19. The topological polar surface area (TPSA) is 112 Å². The first kappa shape index (κ1) is 49.3. The molecule has 2 aromatic rings. The first-order valence-corrected chi connectivity index (χ1v) is 25.9. The van der Waals surface area contributed by atoms with Crippen LogP contribution in [0.4, 0.5) is 0 Å². The molecule has 0 spiro atoms. The lowest BCUT2D eigenvalue weighted by Crippen LogP contribution is -2.53. The number of benzene rings is 2. The van der Waals surface area contributed by atoms with Crippen LogP contribution in [0.15, 0.2) is 95.1 Å². The molecule has 2 saturated carbocycles. The third kappa shape index (κ3) is 10.1. The first-order chi connectivity index (χ1) is 31.9. The number of fused-ring (bicyclic) bond motifs is 6. The van der Waals surface area contributed by atoms with Crippen LogP contribution in [0.5, 0.6) is 11.5 Å². The molecule has 0 aromatic heterocycles. The second kappa shape index (κ2) is 20.1. The molecule has 6 aliphatic carbocycles. The van der Waals surface area contributed by atoms with Gasteiger partial charge in [-0.3, -0.25) is 9.59 Å². The van der Waals surface area contributed by atoms with E-state index in [2.05, 4.69) is 79.7 Å². The van der Waals surface area contributed by atoms with Gasteiger partial charge in [0, 0.05) is 0 Å². The maximum absolute atomic E-state index is 13.8. The van der Waals surface area contributed by atoms with E-state index in [0.717, 1.165) is 88.2 Å². The molecule has 6 aliphatic rings. The number of rotatable bonds is 16. The third-order valence-corrected chi connectivity index (χ3v) is 18.0. The normalized spacial score (nSPS) is 32.2. The van der Waals surface area contributed by atoms with E-state index in [1.807, 2.05) is 48.5 Å². The average Bonchev–Trinajstić information content (AvgIpc) is 3.31. The monoisotopic (exact) mass is 917 g/mol. The van der Waals surface area contributed by atoms with Gasteiger partial charge in [0.15, 0.2) is 0 Å². The van der Waals surface area contributed by atoms with Crippen LogP contribution in [0.1, 0.15) is 144 Å². The molecule has 10 unspecified atom stereocenters. The van der Waals surface area contributed by atoms with Crippen LogP contribution in [0.3, 0.4) is 0 Å². The van der Waals surface area contributed by atoms with Crippen LogP contribution in [0, 0.1) is 57.2 Å². The van der Waals surface area contributed by atoms with Gasteiger partial charge in [-0.1, -0.05) is 114 Å². The van der Waals surface area contributed by atoms with Gasteiger partial charge in [-0.15, -0.1) is 0 Å². The summed E-state index contributed by atoms with van der Waals surface area (Å²) in [4.78, 5) is 27.6. The minimum Gasteiger partial charge on any atom is -0.491 e. The summed E-state index contributed by atoms with van der Waals surface area (Å²) in [6, 6.07) is 15.6. The van der Waals surface area contributed by atoms with Crippen molar-refractivity contribution < 1.29 is 38.7 Å². The lowest BCUT2D eigenvalue weighted by molar-refractivity contribution is -0.173. The van der Waals surface area contributed by atoms with E-state index in [1.54, 1.807) is 11.1 Å². The molecule has 364 valence electrons. The van der Waals surface area contributed by atoms with Gasteiger partial charge in [-0.05, 0) is 177 Å². The van der Waals surface area contributed by atoms with Crippen LogP contribution in [0.25, 0.3) is 0 Å². The van der Waals surface area contributed by atoms with E-state index in [1.165, 1.54) is 11.1 Å². The predicted molar refractivity (Wildman–Crippen MR) is 264 cm³/mol. The van der Waals surface area contributed by atoms with Crippen molar-refractivity contribution in [2.24, 2.45) is 57.2 Å². The van der Waals surface area contributed by atoms with Crippen LogP contribution >= 0.6 is 0 Å². The summed E-state index contributed by atoms with van der Waals surface area (Å²) in [5.74, 6) is 3.41. The van der Waals surface area contributed by atoms with Crippen molar-refractivity contribution in [1.82, 2.24) is 0 Å². The van der Waals surface area contributed by atoms with Crippen LogP contribution < -0.4 is 9.47 Å². The molecule has 2 fully saturated rings. The summed E-state index contributed by atoms with van der Waals surface area (Å²) in [5, 5.41) is 21.6. The Hall–Kier alpha value is -4.14. The quantitative estimate of drug-likeness (QED) is 0.160. The zero-order valence-corrected chi connectivity index (χ0v) is 41.9. The summed E-state index contributed by atoms with van der Waals surface area (Å²) >= 11 is 0. The number of aliphatic hydroxyl groups is 2. The fourth-order valence-electron chi connectivity index (χ4n) is 14.0. The van der Waals surface area contributed by atoms with Crippen molar-refractivity contribution in [3.05, 3.63) is 106 Å². The maximum Gasteiger partial charge on any atom is 0.312 e. The highest BCUT2D eigenvalue weighted by atomic mass is 16.6. The van der Waals surface area contributed by atoms with Crippen LogP contribution in [0.2, 0.25) is 0 Å². The Morgan fingerprint density at radius 2 is 0.970 bits per heavy atom. The van der Waals surface area contributed by atoms with Crippen molar-refractivity contribution in [3.8, 4) is 11.5 Å². The number of aliphatic hydroxyl groups excluding tert-OH is 2. The van der Waals surface area contributed by atoms with Gasteiger partial charge in [-0.2, -0.15) is 0 Å². The van der Waals surface area contributed by atoms with Crippen molar-refractivity contribution >= 4 is 11.9 Å². The molecule has 8 rings (SSSR count). The number of hydrogen-bond donors (Lipinski definition) is 2. The summed E-state index contributed by atoms with van der Waals surface area (Å²) in [6.07, 6.45) is 20.8. The number of carbonyl (C=O) groups excluding carboxylic acids is 2. The smallest absolute Gasteiger partial charge is 0.312 e. The van der Waals surface area contributed by atoms with E-state index >= 15 is 0 Å². The second-order valence-electron chi connectivity index (χ2n) is 23.1. The summed E-state index contributed by atoms with van der Waals surface area (Å²) in [7, 11) is 0. The fourth-order valence-corrected chi connectivity index (χ4v) is 14.0. The Morgan fingerprint density at radius 1 is 0.582 bits per heavy atom. The molecule has 0 aliphatic heterocycles. The fraction of sp³-hybridized carbons (Fsp3) is 0.627. The van der Waals surface area contributed by atoms with Crippen molar-refractivity contribution in [3.63, 3.8) is 0 Å². The standard InChI is InChI=1S/C59H80O8/c1-38(2)42-15-23-50-44(32-42)17-25-52-56(50,5)27-9-29-58(52,7)54(62)66-36-46(60)34-64-48-19-11-40(12-20-48)31-41-13-21-49(22-14-41)65-35-47(61)37-67-55(63)59(8)30-10-28-57(6)51-24-16-43(39(3)4)33-45(51)18-26-53(57)59/h11-14,17-22,32-33,38-39,46-47,50-53,60-61H,9-10,15-16,23-31,34-37H2,1-8H3. The van der Waals surface area contributed by atoms with Gasteiger partial charge in [0.05, 0.1) is 10.8 Å². The zero-order valence-electron chi connectivity index (χ0n) is 41.9. The molecule has 0 heterocycles. The maximum atomic E-state index is 13.8. The molecule has 10 atom stereocenters. The third-order valence-electron chi connectivity index (χ3n) is 18.0. The molecule has 67 heavy (non-hydrogen) atoms. The van der Waals surface area contributed by atoms with Gasteiger partial charge in [-0.25, -0.2) is 0 Å². The largest absolute Gasteiger partial charge is 0.491 e. The molecular formula is C59H80O8. The molecule has 2 aromatic carbocycles. The van der Waals surface area contributed by atoms with Gasteiger partial charge >= 0.3 is 11.9 Å². The molecule has 8 nitrogen and oxygen atoms in total. The second-order valence-corrected chi connectivity index (χ2v) is 23.1. The van der Waals surface area contributed by atoms with E-state index < -0.39 is 23.0 Å². The molecule has 8 heteroatoms. The number of carbonyl (C=O) groups is 2. The Labute approximate surface area is 401 Å². The highest BCUT2D eigenvalue weighted by Gasteiger charge is 2.59. The Kier molecular flexibility index (Phi) is 14.8. The van der Waals surface area contributed by atoms with Crippen molar-refractivity contribution in [2.75, 3.05) is 26.4 Å². The van der Waals surface area contributed by atoms with Gasteiger partial charge < -0.3 is 29.2 Å². The number of esters is 2. The predicted octanol–water partition coefficient (Wildman–Crippen LogP) is 12.1. The van der Waals surface area contributed by atoms with Crippen molar-refractivity contribution in [1.29, 1.82) is 0 Å². The van der Waals surface area contributed by atoms with Gasteiger partial charge in [0.1, 0.15) is 50.1 Å². The lowest BCUT2D eigenvalue weighted by Gasteiger charge is -2.57. The van der Waals surface area contributed by atoms with Gasteiger partial charge in [0.25, 0.3) is 0 Å². The highest BCUT2D eigenvalue weighted by Crippen LogP contribution is 2.64. The van der Waals surface area contributed by atoms with Crippen LogP contribution in [-0.2, 0) is 25.5 Å². The summed E-state index contributed by atoms with van der Waals surface area (Å²) in [6.45, 7) is 18.0. The van der Waals surface area contributed by atoms with Gasteiger partial charge in [0.2, 0.25) is 0 Å². The average molecular weight is 917 g/mol. The van der Waals surface area contributed by atoms with E-state index in [4.69, 9.17) is 18.9 Å². The first-order valence-electron chi connectivity index (χ1n) is 25.9. The molecule has 2 N–H and O–H groups in total. The minimum absolute atomic E-state index is 0.0253.